The first-order valence-corrected chi connectivity index (χ1v) is 8.27. The number of rotatable bonds is 8. The Hall–Kier alpha value is -2.15. The molecule has 134 valence electrons. The third-order valence-electron chi connectivity index (χ3n) is 3.81. The molecule has 1 aliphatic carbocycles. The third kappa shape index (κ3) is 10.6. The van der Waals surface area contributed by atoms with Gasteiger partial charge >= 0.3 is 11.9 Å². The number of hydrogen-bond acceptors (Lipinski definition) is 4. The Morgan fingerprint density at radius 2 is 1.88 bits per heavy atom. The first-order valence-electron chi connectivity index (χ1n) is 8.27. The minimum absolute atomic E-state index is 0.558. The van der Waals surface area contributed by atoms with Gasteiger partial charge in [0.25, 0.3) is 0 Å². The van der Waals surface area contributed by atoms with Crippen LogP contribution in [0.4, 0.5) is 0 Å². The van der Waals surface area contributed by atoms with Crippen LogP contribution in [-0.4, -0.2) is 38.7 Å². The second-order valence-corrected chi connectivity index (χ2v) is 5.79. The summed E-state index contributed by atoms with van der Waals surface area (Å²) in [5.41, 5.74) is 1.07. The molecule has 1 fully saturated rings. The second kappa shape index (κ2) is 12.3. The van der Waals surface area contributed by atoms with Gasteiger partial charge in [-0.25, -0.2) is 14.6 Å². The van der Waals surface area contributed by atoms with Gasteiger partial charge in [0.05, 0.1) is 24.8 Å². The maximum absolute atomic E-state index is 9.55. The van der Waals surface area contributed by atoms with E-state index < -0.39 is 11.9 Å². The van der Waals surface area contributed by atoms with E-state index in [0.717, 1.165) is 18.2 Å². The number of aromatic nitrogens is 2. The predicted molar refractivity (Wildman–Crippen MR) is 88.5 cm³/mol. The van der Waals surface area contributed by atoms with Gasteiger partial charge in [-0.3, -0.25) is 0 Å². The highest BCUT2D eigenvalue weighted by atomic mass is 16.5. The lowest BCUT2D eigenvalue weighted by atomic mass is 9.86. The van der Waals surface area contributed by atoms with Crippen LogP contribution in [0.25, 0.3) is 0 Å². The van der Waals surface area contributed by atoms with Gasteiger partial charge in [-0.15, -0.1) is 0 Å². The number of aromatic amines is 1. The minimum atomic E-state index is -1.26. The zero-order valence-electron chi connectivity index (χ0n) is 13.8. The lowest BCUT2D eigenvalue weighted by Gasteiger charge is -2.21. The molecular weight excluding hydrogens is 312 g/mol. The molecule has 1 aliphatic rings. The van der Waals surface area contributed by atoms with E-state index in [1.165, 1.54) is 44.9 Å². The van der Waals surface area contributed by atoms with E-state index in [1.54, 1.807) is 6.33 Å². The first-order chi connectivity index (χ1) is 11.6. The standard InChI is InChI=1S/C13H22N2O.C4H4O4/c1-2-5-12(6-3-1)7-4-8-16-10-13-9-14-11-15-13;5-3(6)1-2-4(7)8/h9,11-12H,1-8,10H2,(H,14,15);1-2H,(H,5,6)(H,7,8)/b;2-1-. The summed E-state index contributed by atoms with van der Waals surface area (Å²) in [5, 5.41) is 15.6. The quantitative estimate of drug-likeness (QED) is 0.496. The van der Waals surface area contributed by atoms with E-state index in [1.807, 2.05) is 6.20 Å². The van der Waals surface area contributed by atoms with E-state index in [0.29, 0.717) is 18.8 Å². The number of nitrogens with one attached hydrogen (secondary N) is 1. The predicted octanol–water partition coefficient (Wildman–Crippen LogP) is 3.00. The number of aliphatic carboxylic acids is 2. The molecule has 3 N–H and O–H groups in total. The van der Waals surface area contributed by atoms with Gasteiger partial charge in [-0.05, 0) is 18.8 Å². The van der Waals surface area contributed by atoms with E-state index in [-0.39, 0.29) is 0 Å². The van der Waals surface area contributed by atoms with Crippen molar-refractivity contribution in [3.63, 3.8) is 0 Å². The molecular formula is C17H26N2O5. The van der Waals surface area contributed by atoms with Crippen molar-refractivity contribution in [3.8, 4) is 0 Å². The van der Waals surface area contributed by atoms with Gasteiger partial charge in [0.15, 0.2) is 0 Å². The SMILES string of the molecule is O=C(O)/C=C\C(=O)O.c1ncc(COCCCC2CCCCC2)[nH]1. The fourth-order valence-corrected chi connectivity index (χ4v) is 2.64. The third-order valence-corrected chi connectivity index (χ3v) is 3.81. The molecule has 7 heteroatoms. The van der Waals surface area contributed by atoms with Crippen molar-refractivity contribution in [3.05, 3.63) is 30.4 Å². The Morgan fingerprint density at radius 1 is 1.21 bits per heavy atom. The number of nitrogens with zero attached hydrogens (tertiary/aromatic N) is 1. The van der Waals surface area contributed by atoms with Crippen molar-refractivity contribution in [1.82, 2.24) is 9.97 Å². The number of H-pyrrole nitrogens is 1. The van der Waals surface area contributed by atoms with Gasteiger partial charge in [0.2, 0.25) is 0 Å². The van der Waals surface area contributed by atoms with Crippen LogP contribution in [0.5, 0.6) is 0 Å². The normalized spacial score (nSPS) is 15.0. The molecule has 0 radical (unpaired) electrons. The number of imidazole rings is 1. The highest BCUT2D eigenvalue weighted by Crippen LogP contribution is 2.27. The molecule has 0 spiro atoms. The topological polar surface area (TPSA) is 113 Å². The summed E-state index contributed by atoms with van der Waals surface area (Å²) in [6.07, 6.45) is 14.4. The van der Waals surface area contributed by atoms with Crippen LogP contribution in [0, 0.1) is 5.92 Å². The summed E-state index contributed by atoms with van der Waals surface area (Å²) in [5.74, 6) is -1.54. The maximum atomic E-state index is 9.55. The molecule has 1 heterocycles. The van der Waals surface area contributed by atoms with Gasteiger partial charge in [-0.2, -0.15) is 0 Å². The number of carbonyl (C=O) groups is 2. The number of carboxylic acids is 2. The Kier molecular flexibility index (Phi) is 10.2. The summed E-state index contributed by atoms with van der Waals surface area (Å²) in [4.78, 5) is 26.1. The van der Waals surface area contributed by atoms with E-state index in [2.05, 4.69) is 9.97 Å². The Morgan fingerprint density at radius 3 is 2.42 bits per heavy atom. The largest absolute Gasteiger partial charge is 0.478 e. The first kappa shape index (κ1) is 19.9. The smallest absolute Gasteiger partial charge is 0.328 e. The van der Waals surface area contributed by atoms with Crippen molar-refractivity contribution < 1.29 is 24.5 Å². The summed E-state index contributed by atoms with van der Waals surface area (Å²) >= 11 is 0. The molecule has 0 unspecified atom stereocenters. The molecule has 1 saturated carbocycles. The molecule has 24 heavy (non-hydrogen) atoms. The average Bonchev–Trinajstić information content (AvgIpc) is 3.08. The van der Waals surface area contributed by atoms with Crippen LogP contribution in [0.1, 0.15) is 50.6 Å². The fourth-order valence-electron chi connectivity index (χ4n) is 2.64. The molecule has 7 nitrogen and oxygen atoms in total. The molecule has 0 bridgehead atoms. The van der Waals surface area contributed by atoms with Crippen LogP contribution < -0.4 is 0 Å². The Balaban J connectivity index is 0.000000307. The van der Waals surface area contributed by atoms with Crippen LogP contribution in [0.3, 0.4) is 0 Å². The Labute approximate surface area is 141 Å². The van der Waals surface area contributed by atoms with Crippen molar-refractivity contribution in [2.24, 2.45) is 5.92 Å². The van der Waals surface area contributed by atoms with Gasteiger partial charge in [0, 0.05) is 18.8 Å². The second-order valence-electron chi connectivity index (χ2n) is 5.79. The van der Waals surface area contributed by atoms with E-state index >= 15 is 0 Å². The summed E-state index contributed by atoms with van der Waals surface area (Å²) in [7, 11) is 0. The van der Waals surface area contributed by atoms with Gasteiger partial charge < -0.3 is 19.9 Å². The van der Waals surface area contributed by atoms with Crippen molar-refractivity contribution in [2.45, 2.75) is 51.6 Å². The van der Waals surface area contributed by atoms with Crippen molar-refractivity contribution >= 4 is 11.9 Å². The van der Waals surface area contributed by atoms with E-state index in [4.69, 9.17) is 14.9 Å². The molecule has 0 amide bonds. The number of carboxylic acid groups (broad SMARTS) is 2. The molecule has 0 saturated heterocycles. The average molecular weight is 338 g/mol. The fraction of sp³-hybridized carbons (Fsp3) is 0.588. The Bertz CT molecular complexity index is 477. The van der Waals surface area contributed by atoms with Crippen LogP contribution >= 0.6 is 0 Å². The van der Waals surface area contributed by atoms with Crippen LogP contribution in [-0.2, 0) is 20.9 Å². The summed E-state index contributed by atoms with van der Waals surface area (Å²) < 4.78 is 5.60. The summed E-state index contributed by atoms with van der Waals surface area (Å²) in [6.45, 7) is 1.56. The van der Waals surface area contributed by atoms with Crippen LogP contribution in [0.15, 0.2) is 24.7 Å². The van der Waals surface area contributed by atoms with Crippen LogP contribution in [0.2, 0.25) is 0 Å². The maximum Gasteiger partial charge on any atom is 0.328 e. The molecule has 1 aromatic heterocycles. The van der Waals surface area contributed by atoms with Crippen molar-refractivity contribution in [1.29, 1.82) is 0 Å². The highest BCUT2D eigenvalue weighted by Gasteiger charge is 2.12. The lowest BCUT2D eigenvalue weighted by molar-refractivity contribution is -0.134. The number of ether oxygens (including phenoxy) is 1. The van der Waals surface area contributed by atoms with Gasteiger partial charge in [-0.1, -0.05) is 32.1 Å². The van der Waals surface area contributed by atoms with Gasteiger partial charge in [0.1, 0.15) is 0 Å². The molecule has 0 aromatic carbocycles. The molecule has 0 atom stereocenters. The molecule has 0 aliphatic heterocycles. The molecule has 1 aromatic rings. The molecule has 2 rings (SSSR count). The zero-order chi connectivity index (χ0) is 17.6. The highest BCUT2D eigenvalue weighted by molar-refractivity contribution is 5.89. The van der Waals surface area contributed by atoms with E-state index in [9.17, 15) is 9.59 Å². The summed E-state index contributed by atoms with van der Waals surface area (Å²) in [6, 6.07) is 0. The lowest BCUT2D eigenvalue weighted by Crippen LogP contribution is -2.07. The minimum Gasteiger partial charge on any atom is -0.478 e. The zero-order valence-corrected chi connectivity index (χ0v) is 13.8. The monoisotopic (exact) mass is 338 g/mol. The van der Waals surface area contributed by atoms with Crippen molar-refractivity contribution in [2.75, 3.05) is 6.61 Å². The number of hydrogen-bond donors (Lipinski definition) is 3.